The Kier molecular flexibility index (Phi) is 2.37. The maximum atomic E-state index is 11.9. The summed E-state index contributed by atoms with van der Waals surface area (Å²) < 4.78 is 4.56. The molecule has 0 spiro atoms. The van der Waals surface area contributed by atoms with Crippen molar-refractivity contribution in [3.63, 3.8) is 0 Å². The number of carbonyl (C=O) groups is 2. The molecule has 1 unspecified atom stereocenters. The Labute approximate surface area is 87.4 Å². The topological polar surface area (TPSA) is 43.4 Å². The Bertz CT molecular complexity index is 446. The minimum atomic E-state index is -0.787. The third-order valence-corrected chi connectivity index (χ3v) is 2.43. The van der Waals surface area contributed by atoms with Gasteiger partial charge in [0.05, 0.1) is 7.11 Å². The van der Waals surface area contributed by atoms with Crippen LogP contribution in [0.25, 0.3) is 6.08 Å². The summed E-state index contributed by atoms with van der Waals surface area (Å²) in [6.07, 6.45) is 3.36. The Morgan fingerprint density at radius 3 is 2.80 bits per heavy atom. The molecule has 0 saturated carbocycles. The fourth-order valence-electron chi connectivity index (χ4n) is 1.63. The third-order valence-electron chi connectivity index (χ3n) is 2.43. The number of Topliss-reactive ketones (excluding diaryl/α,β-unsaturated/α-hetero) is 1. The fraction of sp³-hybridized carbons (Fsp3) is 0.167. The van der Waals surface area contributed by atoms with E-state index in [-0.39, 0.29) is 5.78 Å². The molecular weight excluding hydrogens is 192 g/mol. The second-order valence-electron chi connectivity index (χ2n) is 3.31. The van der Waals surface area contributed by atoms with Crippen LogP contribution in [0, 0.1) is 5.92 Å². The first-order valence-corrected chi connectivity index (χ1v) is 4.63. The number of hydrogen-bond acceptors (Lipinski definition) is 3. The highest BCUT2D eigenvalue weighted by atomic mass is 16.5. The Balaban J connectivity index is 2.42. The minimum absolute atomic E-state index is 0.194. The van der Waals surface area contributed by atoms with Gasteiger partial charge in [0.2, 0.25) is 0 Å². The molecule has 1 aromatic rings. The number of ether oxygens (including phenoxy) is 1. The smallest absolute Gasteiger partial charge is 0.320 e. The summed E-state index contributed by atoms with van der Waals surface area (Å²) in [5, 5.41) is 0. The van der Waals surface area contributed by atoms with Crippen molar-refractivity contribution < 1.29 is 14.3 Å². The number of carbonyl (C=O) groups excluding carboxylic acids is 2. The monoisotopic (exact) mass is 202 g/mol. The molecule has 1 aliphatic rings. The van der Waals surface area contributed by atoms with Gasteiger partial charge in [0.1, 0.15) is 5.92 Å². The lowest BCUT2D eigenvalue weighted by Gasteiger charge is -2.15. The van der Waals surface area contributed by atoms with Gasteiger partial charge >= 0.3 is 5.97 Å². The molecule has 0 amide bonds. The predicted molar refractivity (Wildman–Crippen MR) is 55.3 cm³/mol. The molecule has 0 heterocycles. The molecule has 1 aliphatic carbocycles. The van der Waals surface area contributed by atoms with E-state index >= 15 is 0 Å². The standard InChI is InChI=1S/C12H10O3/c1-15-12(14)10-7-6-8-4-2-3-5-9(8)11(10)13/h2-7,10H,1H3. The molecular formula is C12H10O3. The first-order chi connectivity index (χ1) is 7.24. The molecule has 1 aromatic carbocycles. The summed E-state index contributed by atoms with van der Waals surface area (Å²) in [5.41, 5.74) is 1.43. The first kappa shape index (κ1) is 9.65. The molecule has 0 radical (unpaired) electrons. The molecule has 3 heteroatoms. The molecule has 76 valence electrons. The van der Waals surface area contributed by atoms with E-state index < -0.39 is 11.9 Å². The lowest BCUT2D eigenvalue weighted by Crippen LogP contribution is -2.26. The van der Waals surface area contributed by atoms with Crippen LogP contribution in [-0.2, 0) is 9.53 Å². The SMILES string of the molecule is COC(=O)C1C=Cc2ccccc2C1=O. The van der Waals surface area contributed by atoms with E-state index in [0.717, 1.165) is 5.56 Å². The summed E-state index contributed by atoms with van der Waals surface area (Å²) >= 11 is 0. The zero-order valence-corrected chi connectivity index (χ0v) is 8.27. The van der Waals surface area contributed by atoms with E-state index in [1.165, 1.54) is 7.11 Å². The van der Waals surface area contributed by atoms with Crippen molar-refractivity contribution >= 4 is 17.8 Å². The maximum absolute atomic E-state index is 11.9. The van der Waals surface area contributed by atoms with Gasteiger partial charge in [-0.15, -0.1) is 0 Å². The van der Waals surface area contributed by atoms with Crippen molar-refractivity contribution in [2.24, 2.45) is 5.92 Å². The van der Waals surface area contributed by atoms with Gasteiger partial charge < -0.3 is 4.74 Å². The fourth-order valence-corrected chi connectivity index (χ4v) is 1.63. The maximum Gasteiger partial charge on any atom is 0.320 e. The van der Waals surface area contributed by atoms with E-state index in [4.69, 9.17) is 0 Å². The largest absolute Gasteiger partial charge is 0.468 e. The van der Waals surface area contributed by atoms with Crippen LogP contribution in [0.15, 0.2) is 30.3 Å². The number of rotatable bonds is 1. The van der Waals surface area contributed by atoms with Crippen LogP contribution in [0.2, 0.25) is 0 Å². The minimum Gasteiger partial charge on any atom is -0.468 e. The van der Waals surface area contributed by atoms with Gasteiger partial charge in [-0.2, -0.15) is 0 Å². The highest BCUT2D eigenvalue weighted by Gasteiger charge is 2.29. The van der Waals surface area contributed by atoms with E-state index in [9.17, 15) is 9.59 Å². The summed E-state index contributed by atoms with van der Waals surface area (Å²) in [6.45, 7) is 0. The molecule has 0 aromatic heterocycles. The van der Waals surface area contributed by atoms with Crippen molar-refractivity contribution in [3.05, 3.63) is 41.5 Å². The van der Waals surface area contributed by atoms with Crippen LogP contribution in [0.1, 0.15) is 15.9 Å². The average molecular weight is 202 g/mol. The van der Waals surface area contributed by atoms with Crippen LogP contribution in [0.3, 0.4) is 0 Å². The van der Waals surface area contributed by atoms with Crippen LogP contribution < -0.4 is 0 Å². The van der Waals surface area contributed by atoms with Crippen molar-refractivity contribution in [2.45, 2.75) is 0 Å². The quantitative estimate of drug-likeness (QED) is 0.514. The number of esters is 1. The summed E-state index contributed by atoms with van der Waals surface area (Å²) in [4.78, 5) is 23.2. The average Bonchev–Trinajstić information content (AvgIpc) is 2.29. The predicted octanol–water partition coefficient (Wildman–Crippen LogP) is 1.69. The van der Waals surface area contributed by atoms with Crippen LogP contribution in [-0.4, -0.2) is 18.9 Å². The van der Waals surface area contributed by atoms with Crippen LogP contribution in [0.4, 0.5) is 0 Å². The van der Waals surface area contributed by atoms with E-state index in [1.54, 1.807) is 24.3 Å². The van der Waals surface area contributed by atoms with Crippen molar-refractivity contribution in [1.29, 1.82) is 0 Å². The summed E-state index contributed by atoms with van der Waals surface area (Å²) in [5.74, 6) is -1.49. The van der Waals surface area contributed by atoms with Crippen LogP contribution in [0.5, 0.6) is 0 Å². The molecule has 0 saturated heterocycles. The number of methoxy groups -OCH3 is 1. The van der Waals surface area contributed by atoms with Gasteiger partial charge in [-0.05, 0) is 5.56 Å². The van der Waals surface area contributed by atoms with Gasteiger partial charge in [0.25, 0.3) is 0 Å². The summed E-state index contributed by atoms with van der Waals surface area (Å²) in [7, 11) is 1.28. The van der Waals surface area contributed by atoms with E-state index in [1.807, 2.05) is 12.1 Å². The van der Waals surface area contributed by atoms with Gasteiger partial charge in [-0.3, -0.25) is 9.59 Å². The molecule has 0 N–H and O–H groups in total. The molecule has 3 nitrogen and oxygen atoms in total. The molecule has 0 bridgehead atoms. The first-order valence-electron chi connectivity index (χ1n) is 4.63. The Morgan fingerprint density at radius 2 is 2.07 bits per heavy atom. The van der Waals surface area contributed by atoms with E-state index in [0.29, 0.717) is 5.56 Å². The summed E-state index contributed by atoms with van der Waals surface area (Å²) in [6, 6.07) is 7.20. The molecule has 15 heavy (non-hydrogen) atoms. The second-order valence-corrected chi connectivity index (χ2v) is 3.31. The van der Waals surface area contributed by atoms with E-state index in [2.05, 4.69) is 4.74 Å². The second kappa shape index (κ2) is 3.69. The normalized spacial score (nSPS) is 18.5. The van der Waals surface area contributed by atoms with Gasteiger partial charge in [0.15, 0.2) is 5.78 Å². The van der Waals surface area contributed by atoms with Crippen molar-refractivity contribution in [2.75, 3.05) is 7.11 Å². The van der Waals surface area contributed by atoms with Crippen LogP contribution >= 0.6 is 0 Å². The van der Waals surface area contributed by atoms with Gasteiger partial charge in [-0.1, -0.05) is 36.4 Å². The molecule has 2 rings (SSSR count). The highest BCUT2D eigenvalue weighted by molar-refractivity contribution is 6.13. The molecule has 0 fully saturated rings. The molecule has 1 atom stereocenters. The Morgan fingerprint density at radius 1 is 1.33 bits per heavy atom. The van der Waals surface area contributed by atoms with Gasteiger partial charge in [-0.25, -0.2) is 0 Å². The lowest BCUT2D eigenvalue weighted by molar-refractivity contribution is -0.142. The lowest BCUT2D eigenvalue weighted by atomic mass is 9.88. The number of ketones is 1. The van der Waals surface area contributed by atoms with Crippen molar-refractivity contribution in [1.82, 2.24) is 0 Å². The zero-order valence-electron chi connectivity index (χ0n) is 8.27. The third kappa shape index (κ3) is 1.56. The number of benzene rings is 1. The number of fused-ring (bicyclic) bond motifs is 1. The highest BCUT2D eigenvalue weighted by Crippen LogP contribution is 2.23. The number of hydrogen-bond donors (Lipinski definition) is 0. The van der Waals surface area contributed by atoms with Gasteiger partial charge in [0, 0.05) is 5.56 Å². The zero-order chi connectivity index (χ0) is 10.8. The molecule has 0 aliphatic heterocycles. The van der Waals surface area contributed by atoms with Crippen molar-refractivity contribution in [3.8, 4) is 0 Å². The Hall–Kier alpha value is -1.90.